The normalized spacial score (nSPS) is 19.5. The molecule has 3 heterocycles. The van der Waals surface area contributed by atoms with Crippen molar-refractivity contribution in [2.45, 2.75) is 20.3 Å². The lowest BCUT2D eigenvalue weighted by molar-refractivity contribution is 0.0434. The fourth-order valence-electron chi connectivity index (χ4n) is 5.23. The summed E-state index contributed by atoms with van der Waals surface area (Å²) in [6.07, 6.45) is 5.90. The molecule has 0 amide bonds. The van der Waals surface area contributed by atoms with Crippen molar-refractivity contribution in [3.8, 4) is 0 Å². The summed E-state index contributed by atoms with van der Waals surface area (Å²) in [5.41, 5.74) is 10.7. The van der Waals surface area contributed by atoms with Crippen LogP contribution in [0.1, 0.15) is 30.5 Å². The van der Waals surface area contributed by atoms with E-state index in [1.807, 2.05) is 41.6 Å². The van der Waals surface area contributed by atoms with E-state index in [2.05, 4.69) is 22.1 Å². The van der Waals surface area contributed by atoms with Crippen LogP contribution in [0.3, 0.4) is 0 Å². The molecule has 2 aliphatic rings. The van der Waals surface area contributed by atoms with Crippen LogP contribution in [-0.4, -0.2) is 58.7 Å². The largest absolute Gasteiger partial charge is 0.398 e. The lowest BCUT2D eigenvalue weighted by Crippen LogP contribution is -2.72. The molecule has 2 fully saturated rings. The second-order valence-electron chi connectivity index (χ2n) is 10.1. The number of allylic oxidation sites excluding steroid dienone is 3. The van der Waals surface area contributed by atoms with Crippen LogP contribution < -0.4 is 16.0 Å². The van der Waals surface area contributed by atoms with Crippen molar-refractivity contribution in [2.75, 3.05) is 50.1 Å². The number of benzene rings is 1. The smallest absolute Gasteiger partial charge is 0.128 e. The molecule has 0 aliphatic carbocycles. The molecule has 2 unspecified atom stereocenters. The predicted molar refractivity (Wildman–Crippen MR) is 156 cm³/mol. The number of hydrogen-bond donors (Lipinski definition) is 3. The van der Waals surface area contributed by atoms with E-state index < -0.39 is 11.0 Å². The van der Waals surface area contributed by atoms with Crippen LogP contribution in [0.4, 0.5) is 11.5 Å². The Morgan fingerprint density at radius 3 is 2.54 bits per heavy atom. The van der Waals surface area contributed by atoms with E-state index in [0.717, 1.165) is 43.1 Å². The van der Waals surface area contributed by atoms with Crippen molar-refractivity contribution < 1.29 is 4.21 Å². The number of hydrogen-bond acceptors (Lipinski definition) is 6. The summed E-state index contributed by atoms with van der Waals surface area (Å²) in [5, 5.41) is 13.0. The van der Waals surface area contributed by atoms with Crippen LogP contribution in [0.2, 0.25) is 0 Å². The molecular weight excluding hydrogens is 527 g/mol. The van der Waals surface area contributed by atoms with Gasteiger partial charge in [-0.3, -0.25) is 5.41 Å². The summed E-state index contributed by atoms with van der Waals surface area (Å²) in [7, 11) is 0.909. The van der Waals surface area contributed by atoms with Crippen molar-refractivity contribution >= 4 is 51.4 Å². The van der Waals surface area contributed by atoms with Gasteiger partial charge in [-0.25, -0.2) is 13.5 Å². The third kappa shape index (κ3) is 5.87. The van der Waals surface area contributed by atoms with Gasteiger partial charge in [0.15, 0.2) is 0 Å². The minimum Gasteiger partial charge on any atom is -0.398 e. The number of nitrogens with zero attached hydrogens (tertiary/aromatic N) is 3. The SMILES string of the molecule is CN/C=C(Cl)\C(=C(/C)Cl)C(C)Cc1ccc(N)c(C(=N)c2ccc(N3CC4(C3)CN(S(C)=O)C4)nc2)c1. The molecule has 37 heavy (non-hydrogen) atoms. The van der Waals surface area contributed by atoms with Crippen molar-refractivity contribution in [3.63, 3.8) is 0 Å². The summed E-state index contributed by atoms with van der Waals surface area (Å²) in [6.45, 7) is 7.52. The van der Waals surface area contributed by atoms with E-state index >= 15 is 0 Å². The quantitative estimate of drug-likeness (QED) is 0.238. The van der Waals surface area contributed by atoms with E-state index in [9.17, 15) is 4.21 Å². The molecule has 4 rings (SSSR count). The van der Waals surface area contributed by atoms with E-state index in [-0.39, 0.29) is 11.3 Å². The van der Waals surface area contributed by atoms with Gasteiger partial charge in [0.1, 0.15) is 5.82 Å². The third-order valence-electron chi connectivity index (χ3n) is 7.12. The number of pyridine rings is 1. The summed E-state index contributed by atoms with van der Waals surface area (Å²) >= 11 is 12.8. The molecule has 7 nitrogen and oxygen atoms in total. The zero-order valence-electron chi connectivity index (χ0n) is 21.6. The molecule has 1 aromatic heterocycles. The maximum Gasteiger partial charge on any atom is 0.128 e. The maximum atomic E-state index is 11.6. The number of anilines is 2. The Hall–Kier alpha value is -2.39. The molecule has 0 radical (unpaired) electrons. The number of aromatic nitrogens is 1. The molecule has 4 N–H and O–H groups in total. The molecule has 2 aromatic rings. The molecule has 1 aromatic carbocycles. The van der Waals surface area contributed by atoms with Gasteiger partial charge >= 0.3 is 0 Å². The van der Waals surface area contributed by atoms with Gasteiger partial charge in [-0.2, -0.15) is 0 Å². The molecule has 2 aliphatic heterocycles. The first-order valence-electron chi connectivity index (χ1n) is 12.2. The van der Waals surface area contributed by atoms with Gasteiger partial charge in [-0.05, 0) is 54.7 Å². The Bertz CT molecular complexity index is 1260. The van der Waals surface area contributed by atoms with Crippen molar-refractivity contribution in [3.05, 3.63) is 75.1 Å². The number of halogens is 2. The zero-order chi connectivity index (χ0) is 26.9. The number of nitrogen functional groups attached to an aromatic ring is 1. The average Bonchev–Trinajstić information content (AvgIpc) is 2.78. The minimum absolute atomic E-state index is 0.0705. The standard InChI is InChI=1S/C27H34Cl2N6OS/c1-17(25(18(2)28)22(29)12-32-3)9-19-5-7-23(30)21(10-19)26(31)20-6-8-24(33-11-20)34-13-27(14-34)15-35(16-27)37(4)36/h5-8,10-12,17,31-32H,9,13-16,30H2,1-4H3/b22-12+,25-18+,31-26?. The van der Waals surface area contributed by atoms with Crippen molar-refractivity contribution in [1.82, 2.24) is 14.6 Å². The second-order valence-corrected chi connectivity index (χ2v) is 12.5. The summed E-state index contributed by atoms with van der Waals surface area (Å²) in [6, 6.07) is 9.69. The fourth-order valence-corrected chi connectivity index (χ4v) is 6.92. The second kappa shape index (κ2) is 11.2. The summed E-state index contributed by atoms with van der Waals surface area (Å²) in [5.74, 6) is 0.970. The molecule has 10 heteroatoms. The summed E-state index contributed by atoms with van der Waals surface area (Å²) < 4.78 is 13.6. The molecule has 0 saturated carbocycles. The highest BCUT2D eigenvalue weighted by Gasteiger charge is 2.53. The molecule has 198 valence electrons. The minimum atomic E-state index is -0.889. The Kier molecular flexibility index (Phi) is 8.33. The van der Waals surface area contributed by atoms with E-state index in [1.54, 1.807) is 25.7 Å². The third-order valence-corrected chi connectivity index (χ3v) is 8.62. The Morgan fingerprint density at radius 2 is 1.97 bits per heavy atom. The number of rotatable bonds is 9. The van der Waals surface area contributed by atoms with Gasteiger partial charge < -0.3 is 16.0 Å². The Labute approximate surface area is 231 Å². The lowest BCUT2D eigenvalue weighted by Gasteiger charge is -2.59. The Morgan fingerprint density at radius 1 is 1.27 bits per heavy atom. The highest BCUT2D eigenvalue weighted by atomic mass is 35.5. The topological polar surface area (TPSA) is 98.3 Å². The number of nitrogens with two attached hydrogens (primary N) is 1. The molecule has 2 atom stereocenters. The number of nitrogens with one attached hydrogen (secondary N) is 2. The van der Waals surface area contributed by atoms with Crippen molar-refractivity contribution in [1.29, 1.82) is 5.41 Å². The lowest BCUT2D eigenvalue weighted by atomic mass is 9.74. The molecule has 1 spiro atoms. The fraction of sp³-hybridized carbons (Fsp3) is 0.407. The first kappa shape index (κ1) is 27.6. The van der Waals surface area contributed by atoms with E-state index in [4.69, 9.17) is 34.3 Å². The first-order chi connectivity index (χ1) is 17.5. The van der Waals surface area contributed by atoms with Gasteiger partial charge in [0.05, 0.1) is 21.7 Å². The van der Waals surface area contributed by atoms with Crippen LogP contribution in [0.25, 0.3) is 0 Å². The zero-order valence-corrected chi connectivity index (χ0v) is 24.0. The predicted octanol–water partition coefficient (Wildman–Crippen LogP) is 4.49. The van der Waals surface area contributed by atoms with Crippen molar-refractivity contribution in [2.24, 2.45) is 11.3 Å². The molecule has 0 bridgehead atoms. The van der Waals surface area contributed by atoms with E-state index in [0.29, 0.717) is 39.0 Å². The average molecular weight is 562 g/mol. The Balaban J connectivity index is 1.44. The van der Waals surface area contributed by atoms with Gasteiger partial charge in [-0.15, -0.1) is 0 Å². The van der Waals surface area contributed by atoms with Crippen LogP contribution in [0.15, 0.2) is 58.4 Å². The molecule has 2 saturated heterocycles. The van der Waals surface area contributed by atoms with Gasteiger partial charge in [0, 0.05) is 79.1 Å². The van der Waals surface area contributed by atoms with Gasteiger partial charge in [-0.1, -0.05) is 36.2 Å². The monoisotopic (exact) mass is 560 g/mol. The maximum absolute atomic E-state index is 11.6. The first-order valence-corrected chi connectivity index (χ1v) is 14.5. The highest BCUT2D eigenvalue weighted by molar-refractivity contribution is 7.81. The van der Waals surface area contributed by atoms with Crippen LogP contribution in [-0.2, 0) is 17.4 Å². The van der Waals surface area contributed by atoms with Crippen LogP contribution in [0, 0.1) is 16.7 Å². The highest BCUT2D eigenvalue weighted by Crippen LogP contribution is 2.41. The van der Waals surface area contributed by atoms with Gasteiger partial charge in [0.2, 0.25) is 0 Å². The molecular formula is C27H34Cl2N6OS. The summed E-state index contributed by atoms with van der Waals surface area (Å²) in [4.78, 5) is 6.86. The van der Waals surface area contributed by atoms with E-state index in [1.165, 1.54) is 0 Å². The van der Waals surface area contributed by atoms with Crippen LogP contribution >= 0.6 is 23.2 Å². The van der Waals surface area contributed by atoms with Crippen LogP contribution in [0.5, 0.6) is 0 Å². The van der Waals surface area contributed by atoms with Gasteiger partial charge in [0.25, 0.3) is 0 Å².